The van der Waals surface area contributed by atoms with Gasteiger partial charge in [-0.15, -0.1) is 0 Å². The van der Waals surface area contributed by atoms with Crippen molar-refractivity contribution in [3.63, 3.8) is 0 Å². The molecule has 2 aliphatic rings. The Morgan fingerprint density at radius 2 is 2.31 bits per heavy atom. The lowest BCUT2D eigenvalue weighted by Crippen LogP contribution is -2.46. The van der Waals surface area contributed by atoms with Gasteiger partial charge in [-0.2, -0.15) is 0 Å². The van der Waals surface area contributed by atoms with Crippen molar-refractivity contribution >= 4 is 17.5 Å². The number of ether oxygens (including phenoxy) is 2. The monoisotopic (exact) mass is 382 g/mol. The van der Waals surface area contributed by atoms with E-state index in [1.165, 1.54) is 0 Å². The molecule has 0 spiro atoms. The topological polar surface area (TPSA) is 71.0 Å². The van der Waals surface area contributed by atoms with Crippen molar-refractivity contribution in [3.05, 3.63) is 28.8 Å². The first kappa shape index (κ1) is 19.4. The fourth-order valence-corrected chi connectivity index (χ4v) is 3.84. The Labute approximate surface area is 159 Å². The predicted octanol–water partition coefficient (Wildman–Crippen LogP) is 2.08. The number of halogens is 1. The molecule has 2 aliphatic heterocycles. The molecule has 1 aromatic rings. The van der Waals surface area contributed by atoms with Gasteiger partial charge in [-0.1, -0.05) is 18.5 Å². The van der Waals surface area contributed by atoms with E-state index in [1.54, 1.807) is 18.2 Å². The summed E-state index contributed by atoms with van der Waals surface area (Å²) in [5, 5.41) is 12.6. The number of benzene rings is 1. The summed E-state index contributed by atoms with van der Waals surface area (Å²) in [5.74, 6) is 0.488. The fourth-order valence-electron chi connectivity index (χ4n) is 3.61. The Morgan fingerprint density at radius 3 is 3.04 bits per heavy atom. The minimum atomic E-state index is -0.119. The highest BCUT2D eigenvalue weighted by atomic mass is 35.5. The second kappa shape index (κ2) is 9.04. The number of carbonyl (C=O) groups excluding carboxylic acids is 1. The van der Waals surface area contributed by atoms with Crippen LogP contribution in [0.3, 0.4) is 0 Å². The lowest BCUT2D eigenvalue weighted by Gasteiger charge is -2.34. The number of hydrogen-bond donors (Lipinski definition) is 2. The van der Waals surface area contributed by atoms with Gasteiger partial charge in [0.05, 0.1) is 24.3 Å². The third-order valence-electron chi connectivity index (χ3n) is 4.93. The molecular weight excluding hydrogens is 356 g/mol. The van der Waals surface area contributed by atoms with Gasteiger partial charge in [0.15, 0.2) is 0 Å². The first-order chi connectivity index (χ1) is 12.6. The minimum Gasteiger partial charge on any atom is -0.492 e. The summed E-state index contributed by atoms with van der Waals surface area (Å²) < 4.78 is 11.3. The number of aliphatic hydroxyl groups excluding tert-OH is 1. The van der Waals surface area contributed by atoms with E-state index in [-0.39, 0.29) is 24.7 Å². The van der Waals surface area contributed by atoms with E-state index in [0.717, 1.165) is 25.9 Å². The van der Waals surface area contributed by atoms with E-state index in [1.807, 2.05) is 6.92 Å². The van der Waals surface area contributed by atoms with Gasteiger partial charge >= 0.3 is 0 Å². The van der Waals surface area contributed by atoms with Crippen molar-refractivity contribution in [1.82, 2.24) is 10.2 Å². The van der Waals surface area contributed by atoms with Gasteiger partial charge < -0.3 is 19.9 Å². The summed E-state index contributed by atoms with van der Waals surface area (Å²) in [6.45, 7) is 5.06. The van der Waals surface area contributed by atoms with E-state index in [9.17, 15) is 4.79 Å². The van der Waals surface area contributed by atoms with Gasteiger partial charge in [-0.25, -0.2) is 0 Å². The zero-order valence-corrected chi connectivity index (χ0v) is 15.9. The molecule has 1 amide bonds. The van der Waals surface area contributed by atoms with Crippen LogP contribution in [0.5, 0.6) is 5.75 Å². The molecular formula is C19H27ClN2O4. The van der Waals surface area contributed by atoms with Gasteiger partial charge in [0.2, 0.25) is 0 Å². The number of morpholine rings is 1. The summed E-state index contributed by atoms with van der Waals surface area (Å²) in [4.78, 5) is 14.9. The van der Waals surface area contributed by atoms with Gasteiger partial charge in [0, 0.05) is 37.3 Å². The Kier molecular flexibility index (Phi) is 6.75. The highest BCUT2D eigenvalue weighted by molar-refractivity contribution is 6.32. The lowest BCUT2D eigenvalue weighted by atomic mass is 10.1. The summed E-state index contributed by atoms with van der Waals surface area (Å²) >= 11 is 6.22. The highest BCUT2D eigenvalue weighted by Gasteiger charge is 2.37. The maximum absolute atomic E-state index is 12.6. The molecule has 2 N–H and O–H groups in total. The molecule has 0 aromatic heterocycles. The van der Waals surface area contributed by atoms with Crippen molar-refractivity contribution in [2.75, 3.05) is 32.9 Å². The SMILES string of the molecule is CCCOc1ccc(C(=O)N[C@H]2C[C@H]3CO[C@@H](CCO)CN3C2)cc1Cl. The van der Waals surface area contributed by atoms with Gasteiger partial charge in [-0.05, 0) is 37.5 Å². The second-order valence-corrected chi connectivity index (χ2v) is 7.38. The normalized spacial score (nSPS) is 25.7. The van der Waals surface area contributed by atoms with Crippen molar-refractivity contribution in [2.24, 2.45) is 0 Å². The molecule has 2 heterocycles. The van der Waals surface area contributed by atoms with Crippen LogP contribution in [0.4, 0.5) is 0 Å². The van der Waals surface area contributed by atoms with E-state index >= 15 is 0 Å². The Balaban J connectivity index is 1.55. The summed E-state index contributed by atoms with van der Waals surface area (Å²) in [6.07, 6.45) is 2.52. The van der Waals surface area contributed by atoms with Gasteiger partial charge in [-0.3, -0.25) is 9.69 Å². The van der Waals surface area contributed by atoms with E-state index in [0.29, 0.717) is 42.0 Å². The molecule has 2 saturated heterocycles. The summed E-state index contributed by atoms with van der Waals surface area (Å²) in [5.41, 5.74) is 0.540. The number of amides is 1. The van der Waals surface area contributed by atoms with Crippen molar-refractivity contribution in [2.45, 2.75) is 44.4 Å². The Bertz CT molecular complexity index is 628. The van der Waals surface area contributed by atoms with Gasteiger partial charge in [0.1, 0.15) is 5.75 Å². The zero-order chi connectivity index (χ0) is 18.5. The molecule has 144 valence electrons. The number of fused-ring (bicyclic) bond motifs is 1. The van der Waals surface area contributed by atoms with Crippen LogP contribution in [0.1, 0.15) is 36.5 Å². The predicted molar refractivity (Wildman–Crippen MR) is 99.9 cm³/mol. The average Bonchev–Trinajstić information content (AvgIpc) is 3.02. The quantitative estimate of drug-likeness (QED) is 0.755. The number of nitrogens with one attached hydrogen (secondary N) is 1. The smallest absolute Gasteiger partial charge is 0.251 e. The molecule has 0 unspecified atom stereocenters. The number of aliphatic hydroxyl groups is 1. The second-order valence-electron chi connectivity index (χ2n) is 6.98. The molecule has 26 heavy (non-hydrogen) atoms. The van der Waals surface area contributed by atoms with Crippen molar-refractivity contribution < 1.29 is 19.4 Å². The molecule has 2 fully saturated rings. The van der Waals surface area contributed by atoms with Crippen LogP contribution in [-0.4, -0.2) is 67.0 Å². The third-order valence-corrected chi connectivity index (χ3v) is 5.23. The standard InChI is InChI=1S/C19H27ClN2O4/c1-2-7-25-18-4-3-13(8-17(18)20)19(24)21-14-9-15-12-26-16(5-6-23)11-22(15)10-14/h3-4,8,14-16,23H,2,5-7,9-12H2,1H3,(H,21,24)/t14-,15-,16-/m0/s1. The number of carbonyl (C=O) groups is 1. The van der Waals surface area contributed by atoms with Crippen molar-refractivity contribution in [1.29, 1.82) is 0 Å². The largest absolute Gasteiger partial charge is 0.492 e. The maximum Gasteiger partial charge on any atom is 0.251 e. The third kappa shape index (κ3) is 4.68. The maximum atomic E-state index is 12.6. The number of rotatable bonds is 7. The number of hydrogen-bond acceptors (Lipinski definition) is 5. The number of nitrogens with zero attached hydrogens (tertiary/aromatic N) is 1. The van der Waals surface area contributed by atoms with E-state index in [2.05, 4.69) is 10.2 Å². The lowest BCUT2D eigenvalue weighted by molar-refractivity contribution is -0.0566. The van der Waals surface area contributed by atoms with E-state index < -0.39 is 0 Å². The van der Waals surface area contributed by atoms with Crippen LogP contribution in [0.2, 0.25) is 5.02 Å². The molecule has 7 heteroatoms. The van der Waals surface area contributed by atoms with Crippen molar-refractivity contribution in [3.8, 4) is 5.75 Å². The molecule has 0 saturated carbocycles. The summed E-state index contributed by atoms with van der Waals surface area (Å²) in [7, 11) is 0. The molecule has 3 atom stereocenters. The highest BCUT2D eigenvalue weighted by Crippen LogP contribution is 2.27. The molecule has 3 rings (SSSR count). The average molecular weight is 383 g/mol. The van der Waals surface area contributed by atoms with Crippen LogP contribution in [-0.2, 0) is 4.74 Å². The molecule has 1 aromatic carbocycles. The summed E-state index contributed by atoms with van der Waals surface area (Å²) in [6, 6.07) is 5.58. The van der Waals surface area contributed by atoms with Crippen LogP contribution in [0, 0.1) is 0 Å². The first-order valence-corrected chi connectivity index (χ1v) is 9.68. The molecule has 0 bridgehead atoms. The molecule has 0 radical (unpaired) electrons. The Hall–Kier alpha value is -1.34. The van der Waals surface area contributed by atoms with E-state index in [4.69, 9.17) is 26.2 Å². The Morgan fingerprint density at radius 1 is 1.46 bits per heavy atom. The van der Waals surface area contributed by atoms with Crippen LogP contribution < -0.4 is 10.1 Å². The zero-order valence-electron chi connectivity index (χ0n) is 15.1. The van der Waals surface area contributed by atoms with Gasteiger partial charge in [0.25, 0.3) is 5.91 Å². The van der Waals surface area contributed by atoms with Crippen LogP contribution >= 0.6 is 11.6 Å². The first-order valence-electron chi connectivity index (χ1n) is 9.30. The molecule has 0 aliphatic carbocycles. The molecule has 6 nitrogen and oxygen atoms in total. The van der Waals surface area contributed by atoms with Crippen LogP contribution in [0.25, 0.3) is 0 Å². The van der Waals surface area contributed by atoms with Crippen LogP contribution in [0.15, 0.2) is 18.2 Å². The minimum absolute atomic E-state index is 0.0835. The fraction of sp³-hybridized carbons (Fsp3) is 0.632.